The van der Waals surface area contributed by atoms with Crippen molar-refractivity contribution >= 4 is 11.8 Å². The van der Waals surface area contributed by atoms with Gasteiger partial charge in [-0.1, -0.05) is 34.1 Å². The third kappa shape index (κ3) is 2.49. The zero-order valence-corrected chi connectivity index (χ0v) is 12.5. The van der Waals surface area contributed by atoms with Gasteiger partial charge in [0.15, 0.2) is 0 Å². The SMILES string of the molecule is CCC1CCC(N2C(=O)CNC(=O)C2C(C)C)C1C. The van der Waals surface area contributed by atoms with Gasteiger partial charge in [0.25, 0.3) is 0 Å². The molecule has 0 bridgehead atoms. The van der Waals surface area contributed by atoms with E-state index in [1.54, 1.807) is 0 Å². The van der Waals surface area contributed by atoms with Gasteiger partial charge in [-0.15, -0.1) is 0 Å². The van der Waals surface area contributed by atoms with Crippen LogP contribution in [0.2, 0.25) is 0 Å². The molecule has 1 saturated heterocycles. The van der Waals surface area contributed by atoms with E-state index in [2.05, 4.69) is 19.2 Å². The highest BCUT2D eigenvalue weighted by Crippen LogP contribution is 2.38. The summed E-state index contributed by atoms with van der Waals surface area (Å²) in [5, 5.41) is 2.73. The zero-order valence-electron chi connectivity index (χ0n) is 12.5. The summed E-state index contributed by atoms with van der Waals surface area (Å²) in [6.45, 7) is 8.67. The summed E-state index contributed by atoms with van der Waals surface area (Å²) in [6.07, 6.45) is 3.39. The quantitative estimate of drug-likeness (QED) is 0.846. The molecule has 4 atom stereocenters. The van der Waals surface area contributed by atoms with Gasteiger partial charge in [0.2, 0.25) is 11.8 Å². The molecule has 2 rings (SSSR count). The van der Waals surface area contributed by atoms with Crippen molar-refractivity contribution < 1.29 is 9.59 Å². The first-order valence-electron chi connectivity index (χ1n) is 7.56. The molecule has 1 aliphatic heterocycles. The Morgan fingerprint density at radius 3 is 2.53 bits per heavy atom. The Bertz CT molecular complexity index is 367. The number of carbonyl (C=O) groups is 2. The Kier molecular flexibility index (Phi) is 4.16. The standard InChI is InChI=1S/C15H26N2O2/c1-5-11-6-7-12(10(11)4)17-13(18)8-16-15(19)14(17)9(2)3/h9-12,14H,5-8H2,1-4H3,(H,16,19). The lowest BCUT2D eigenvalue weighted by molar-refractivity contribution is -0.151. The van der Waals surface area contributed by atoms with E-state index in [0.29, 0.717) is 11.8 Å². The average molecular weight is 266 g/mol. The molecular formula is C15H26N2O2. The number of hydrogen-bond acceptors (Lipinski definition) is 2. The zero-order chi connectivity index (χ0) is 14.2. The molecule has 4 nitrogen and oxygen atoms in total. The number of piperazine rings is 1. The molecule has 0 aromatic heterocycles. The van der Waals surface area contributed by atoms with E-state index < -0.39 is 0 Å². The molecule has 0 aromatic rings. The van der Waals surface area contributed by atoms with Crippen LogP contribution in [0.1, 0.15) is 47.0 Å². The molecule has 1 aliphatic carbocycles. The summed E-state index contributed by atoms with van der Waals surface area (Å²) in [7, 11) is 0. The summed E-state index contributed by atoms with van der Waals surface area (Å²) >= 11 is 0. The molecule has 4 unspecified atom stereocenters. The van der Waals surface area contributed by atoms with E-state index >= 15 is 0 Å². The fraction of sp³-hybridized carbons (Fsp3) is 0.867. The van der Waals surface area contributed by atoms with E-state index in [1.807, 2.05) is 18.7 Å². The molecule has 19 heavy (non-hydrogen) atoms. The van der Waals surface area contributed by atoms with E-state index in [9.17, 15) is 9.59 Å². The first-order chi connectivity index (χ1) is 8.97. The van der Waals surface area contributed by atoms with Crippen LogP contribution in [0.4, 0.5) is 0 Å². The number of carbonyl (C=O) groups excluding carboxylic acids is 2. The van der Waals surface area contributed by atoms with Crippen LogP contribution < -0.4 is 5.32 Å². The lowest BCUT2D eigenvalue weighted by atomic mass is 9.90. The van der Waals surface area contributed by atoms with Crippen LogP contribution in [-0.4, -0.2) is 35.3 Å². The van der Waals surface area contributed by atoms with Gasteiger partial charge in [0.1, 0.15) is 6.04 Å². The Morgan fingerprint density at radius 2 is 2.00 bits per heavy atom. The topological polar surface area (TPSA) is 49.4 Å². The molecule has 0 radical (unpaired) electrons. The molecule has 4 heteroatoms. The highest BCUT2D eigenvalue weighted by molar-refractivity contribution is 5.95. The number of rotatable bonds is 3. The molecule has 1 saturated carbocycles. The van der Waals surface area contributed by atoms with Gasteiger partial charge in [-0.3, -0.25) is 9.59 Å². The van der Waals surface area contributed by atoms with Crippen molar-refractivity contribution in [3.63, 3.8) is 0 Å². The van der Waals surface area contributed by atoms with Crippen LogP contribution in [-0.2, 0) is 9.59 Å². The van der Waals surface area contributed by atoms with Gasteiger partial charge in [0, 0.05) is 6.04 Å². The van der Waals surface area contributed by atoms with Crippen LogP contribution in [0.15, 0.2) is 0 Å². The van der Waals surface area contributed by atoms with E-state index in [0.717, 1.165) is 12.8 Å². The second kappa shape index (κ2) is 5.51. The Balaban J connectivity index is 2.24. The van der Waals surface area contributed by atoms with Crippen LogP contribution >= 0.6 is 0 Å². The smallest absolute Gasteiger partial charge is 0.243 e. The van der Waals surface area contributed by atoms with Gasteiger partial charge in [-0.2, -0.15) is 0 Å². The van der Waals surface area contributed by atoms with Gasteiger partial charge in [-0.25, -0.2) is 0 Å². The van der Waals surface area contributed by atoms with Crippen LogP contribution in [0.3, 0.4) is 0 Å². The highest BCUT2D eigenvalue weighted by atomic mass is 16.2. The monoisotopic (exact) mass is 266 g/mol. The van der Waals surface area contributed by atoms with E-state index in [1.165, 1.54) is 6.42 Å². The average Bonchev–Trinajstić information content (AvgIpc) is 2.72. The van der Waals surface area contributed by atoms with Gasteiger partial charge >= 0.3 is 0 Å². The molecular weight excluding hydrogens is 240 g/mol. The third-order valence-corrected chi connectivity index (χ3v) is 4.97. The maximum atomic E-state index is 12.3. The summed E-state index contributed by atoms with van der Waals surface area (Å²) in [5.41, 5.74) is 0. The molecule has 0 aromatic carbocycles. The number of amides is 2. The maximum absolute atomic E-state index is 12.3. The van der Waals surface area contributed by atoms with Crippen LogP contribution in [0.25, 0.3) is 0 Å². The van der Waals surface area contributed by atoms with Crippen molar-refractivity contribution in [3.05, 3.63) is 0 Å². The minimum absolute atomic E-state index is 0.0155. The summed E-state index contributed by atoms with van der Waals surface area (Å²) in [5.74, 6) is 1.46. The predicted molar refractivity (Wildman–Crippen MR) is 74.4 cm³/mol. The van der Waals surface area contributed by atoms with E-state index in [-0.39, 0.29) is 36.4 Å². The molecule has 2 amide bonds. The van der Waals surface area contributed by atoms with Crippen LogP contribution in [0.5, 0.6) is 0 Å². The van der Waals surface area contributed by atoms with Crippen molar-refractivity contribution in [1.82, 2.24) is 10.2 Å². The van der Waals surface area contributed by atoms with Gasteiger partial charge in [0.05, 0.1) is 6.54 Å². The summed E-state index contributed by atoms with van der Waals surface area (Å²) in [6, 6.07) is -0.0415. The first-order valence-corrected chi connectivity index (χ1v) is 7.56. The normalized spacial score (nSPS) is 35.9. The molecule has 0 spiro atoms. The molecule has 1 heterocycles. The lowest BCUT2D eigenvalue weighted by Gasteiger charge is -2.43. The van der Waals surface area contributed by atoms with Gasteiger partial charge in [-0.05, 0) is 30.6 Å². The fourth-order valence-corrected chi connectivity index (χ4v) is 3.85. The minimum Gasteiger partial charge on any atom is -0.345 e. The Hall–Kier alpha value is -1.06. The minimum atomic E-state index is -0.288. The molecule has 2 fully saturated rings. The Morgan fingerprint density at radius 1 is 1.32 bits per heavy atom. The van der Waals surface area contributed by atoms with Crippen molar-refractivity contribution in [3.8, 4) is 0 Å². The fourth-order valence-electron chi connectivity index (χ4n) is 3.85. The molecule has 1 N–H and O–H groups in total. The van der Waals surface area contributed by atoms with Crippen molar-refractivity contribution in [2.75, 3.05) is 6.54 Å². The second-order valence-electron chi connectivity index (χ2n) is 6.38. The number of nitrogens with one attached hydrogen (secondary N) is 1. The molecule has 108 valence electrons. The summed E-state index contributed by atoms with van der Waals surface area (Å²) in [4.78, 5) is 26.3. The van der Waals surface area contributed by atoms with E-state index in [4.69, 9.17) is 0 Å². The maximum Gasteiger partial charge on any atom is 0.243 e. The van der Waals surface area contributed by atoms with Crippen LogP contribution in [0, 0.1) is 17.8 Å². The Labute approximate surface area is 115 Å². The number of hydrogen-bond donors (Lipinski definition) is 1. The van der Waals surface area contributed by atoms with Crippen molar-refractivity contribution in [1.29, 1.82) is 0 Å². The third-order valence-electron chi connectivity index (χ3n) is 4.97. The van der Waals surface area contributed by atoms with Gasteiger partial charge < -0.3 is 10.2 Å². The first kappa shape index (κ1) is 14.4. The lowest BCUT2D eigenvalue weighted by Crippen LogP contribution is -2.63. The summed E-state index contributed by atoms with van der Waals surface area (Å²) < 4.78 is 0. The highest BCUT2D eigenvalue weighted by Gasteiger charge is 2.45. The van der Waals surface area contributed by atoms with Crippen molar-refractivity contribution in [2.24, 2.45) is 17.8 Å². The van der Waals surface area contributed by atoms with Crippen molar-refractivity contribution in [2.45, 2.75) is 59.0 Å². The molecule has 2 aliphatic rings. The largest absolute Gasteiger partial charge is 0.345 e. The second-order valence-corrected chi connectivity index (χ2v) is 6.38. The predicted octanol–water partition coefficient (Wildman–Crippen LogP) is 1.79. The number of nitrogens with zero attached hydrogens (tertiary/aromatic N) is 1.